The van der Waals surface area contributed by atoms with Crippen molar-refractivity contribution < 1.29 is 4.74 Å². The van der Waals surface area contributed by atoms with Gasteiger partial charge in [0.05, 0.1) is 12.2 Å². The van der Waals surface area contributed by atoms with Gasteiger partial charge in [-0.2, -0.15) is 0 Å². The summed E-state index contributed by atoms with van der Waals surface area (Å²) in [5, 5.41) is 0. The molecule has 1 aromatic carbocycles. The van der Waals surface area contributed by atoms with Crippen LogP contribution in [0.4, 0.5) is 0 Å². The van der Waals surface area contributed by atoms with Gasteiger partial charge in [0, 0.05) is 6.54 Å². The second-order valence-corrected chi connectivity index (χ2v) is 4.32. The monoisotopic (exact) mass is 205 g/mol. The Morgan fingerprint density at radius 2 is 2.00 bits per heavy atom. The van der Waals surface area contributed by atoms with E-state index in [0.29, 0.717) is 6.54 Å². The van der Waals surface area contributed by atoms with Crippen LogP contribution < -0.4 is 5.73 Å². The van der Waals surface area contributed by atoms with E-state index < -0.39 is 0 Å². The summed E-state index contributed by atoms with van der Waals surface area (Å²) in [6.07, 6.45) is 3.97. The summed E-state index contributed by atoms with van der Waals surface area (Å²) in [6, 6.07) is 8.62. The SMILES string of the molecule is Cc1ccc([C@@H]2CCC[C@H](CN)O2)cc1. The Morgan fingerprint density at radius 3 is 2.67 bits per heavy atom. The van der Waals surface area contributed by atoms with E-state index in [-0.39, 0.29) is 12.2 Å². The van der Waals surface area contributed by atoms with Gasteiger partial charge in [0.1, 0.15) is 0 Å². The normalized spacial score (nSPS) is 26.5. The minimum Gasteiger partial charge on any atom is -0.369 e. The average Bonchev–Trinajstić information content (AvgIpc) is 2.30. The van der Waals surface area contributed by atoms with Crippen molar-refractivity contribution in [2.75, 3.05) is 6.54 Å². The molecule has 0 amide bonds. The molecule has 82 valence electrons. The van der Waals surface area contributed by atoms with Gasteiger partial charge in [0.25, 0.3) is 0 Å². The minimum atomic E-state index is 0.255. The molecule has 1 aliphatic heterocycles. The molecule has 2 heteroatoms. The fourth-order valence-corrected chi connectivity index (χ4v) is 2.10. The quantitative estimate of drug-likeness (QED) is 0.805. The molecule has 2 atom stereocenters. The Balaban J connectivity index is 2.06. The van der Waals surface area contributed by atoms with Crippen molar-refractivity contribution in [2.24, 2.45) is 5.73 Å². The zero-order valence-electron chi connectivity index (χ0n) is 9.28. The maximum Gasteiger partial charge on any atom is 0.0829 e. The predicted molar refractivity (Wildman–Crippen MR) is 61.7 cm³/mol. The Kier molecular flexibility index (Phi) is 3.39. The largest absolute Gasteiger partial charge is 0.369 e. The molecule has 0 radical (unpaired) electrons. The highest BCUT2D eigenvalue weighted by molar-refractivity contribution is 5.23. The van der Waals surface area contributed by atoms with Crippen LogP contribution >= 0.6 is 0 Å². The summed E-state index contributed by atoms with van der Waals surface area (Å²) < 4.78 is 5.94. The van der Waals surface area contributed by atoms with Gasteiger partial charge in [0.2, 0.25) is 0 Å². The van der Waals surface area contributed by atoms with Crippen LogP contribution in [-0.4, -0.2) is 12.6 Å². The first kappa shape index (κ1) is 10.7. The minimum absolute atomic E-state index is 0.255. The van der Waals surface area contributed by atoms with E-state index in [2.05, 4.69) is 31.2 Å². The van der Waals surface area contributed by atoms with E-state index in [9.17, 15) is 0 Å². The van der Waals surface area contributed by atoms with Crippen molar-refractivity contribution in [2.45, 2.75) is 38.4 Å². The lowest BCUT2D eigenvalue weighted by atomic mass is 9.98. The highest BCUT2D eigenvalue weighted by atomic mass is 16.5. The molecule has 0 aromatic heterocycles. The molecular weight excluding hydrogens is 186 g/mol. The van der Waals surface area contributed by atoms with Gasteiger partial charge in [-0.15, -0.1) is 0 Å². The zero-order chi connectivity index (χ0) is 10.7. The van der Waals surface area contributed by atoms with Crippen molar-refractivity contribution in [3.8, 4) is 0 Å². The molecule has 0 bridgehead atoms. The maximum atomic E-state index is 5.94. The smallest absolute Gasteiger partial charge is 0.0829 e. The van der Waals surface area contributed by atoms with Crippen molar-refractivity contribution >= 4 is 0 Å². The van der Waals surface area contributed by atoms with Crippen LogP contribution in [0.3, 0.4) is 0 Å². The first-order valence-electron chi connectivity index (χ1n) is 5.71. The molecule has 0 aliphatic carbocycles. The molecule has 2 nitrogen and oxygen atoms in total. The van der Waals surface area contributed by atoms with Gasteiger partial charge in [0.15, 0.2) is 0 Å². The van der Waals surface area contributed by atoms with Crippen LogP contribution in [-0.2, 0) is 4.74 Å². The van der Waals surface area contributed by atoms with E-state index in [1.165, 1.54) is 17.5 Å². The molecule has 15 heavy (non-hydrogen) atoms. The summed E-state index contributed by atoms with van der Waals surface area (Å²) in [5.41, 5.74) is 8.23. The lowest BCUT2D eigenvalue weighted by Gasteiger charge is -2.29. The molecule has 1 saturated heterocycles. The highest BCUT2D eigenvalue weighted by Gasteiger charge is 2.22. The molecule has 0 spiro atoms. The first-order valence-corrected chi connectivity index (χ1v) is 5.71. The van der Waals surface area contributed by atoms with Crippen molar-refractivity contribution in [1.29, 1.82) is 0 Å². The Morgan fingerprint density at radius 1 is 1.27 bits per heavy atom. The van der Waals surface area contributed by atoms with Crippen LogP contribution in [0.1, 0.15) is 36.5 Å². The van der Waals surface area contributed by atoms with E-state index in [1.807, 2.05) is 0 Å². The maximum absolute atomic E-state index is 5.94. The zero-order valence-corrected chi connectivity index (χ0v) is 9.28. The molecule has 2 rings (SSSR count). The third-order valence-corrected chi connectivity index (χ3v) is 3.06. The summed E-state index contributed by atoms with van der Waals surface area (Å²) in [6.45, 7) is 2.75. The topological polar surface area (TPSA) is 35.2 Å². The van der Waals surface area contributed by atoms with E-state index >= 15 is 0 Å². The van der Waals surface area contributed by atoms with Gasteiger partial charge in [-0.1, -0.05) is 29.8 Å². The number of nitrogens with two attached hydrogens (primary N) is 1. The lowest BCUT2D eigenvalue weighted by Crippen LogP contribution is -2.29. The predicted octanol–water partition coefficient (Wildman–Crippen LogP) is 2.56. The highest BCUT2D eigenvalue weighted by Crippen LogP contribution is 2.30. The summed E-state index contributed by atoms with van der Waals surface area (Å²) >= 11 is 0. The van der Waals surface area contributed by atoms with Gasteiger partial charge in [-0.25, -0.2) is 0 Å². The summed E-state index contributed by atoms with van der Waals surface area (Å²) in [7, 11) is 0. The Bertz CT molecular complexity index is 307. The van der Waals surface area contributed by atoms with Crippen molar-refractivity contribution in [3.63, 3.8) is 0 Å². The number of hydrogen-bond donors (Lipinski definition) is 1. The van der Waals surface area contributed by atoms with Crippen LogP contribution in [0.5, 0.6) is 0 Å². The number of benzene rings is 1. The summed E-state index contributed by atoms with van der Waals surface area (Å²) in [5.74, 6) is 0. The average molecular weight is 205 g/mol. The summed E-state index contributed by atoms with van der Waals surface area (Å²) in [4.78, 5) is 0. The molecule has 1 aromatic rings. The van der Waals surface area contributed by atoms with Gasteiger partial charge in [-0.3, -0.25) is 0 Å². The molecule has 1 aliphatic rings. The van der Waals surface area contributed by atoms with Crippen LogP contribution in [0.25, 0.3) is 0 Å². The fourth-order valence-electron chi connectivity index (χ4n) is 2.10. The third kappa shape index (κ3) is 2.58. The third-order valence-electron chi connectivity index (χ3n) is 3.06. The molecule has 0 unspecified atom stereocenters. The van der Waals surface area contributed by atoms with Crippen molar-refractivity contribution in [3.05, 3.63) is 35.4 Å². The van der Waals surface area contributed by atoms with E-state index in [1.54, 1.807) is 0 Å². The fraction of sp³-hybridized carbons (Fsp3) is 0.538. The lowest BCUT2D eigenvalue weighted by molar-refractivity contribution is -0.0461. The number of ether oxygens (including phenoxy) is 1. The molecule has 1 fully saturated rings. The number of rotatable bonds is 2. The van der Waals surface area contributed by atoms with Crippen LogP contribution in [0, 0.1) is 6.92 Å². The Hall–Kier alpha value is -0.860. The van der Waals surface area contributed by atoms with Gasteiger partial charge in [-0.05, 0) is 31.7 Å². The number of hydrogen-bond acceptors (Lipinski definition) is 2. The van der Waals surface area contributed by atoms with E-state index in [0.717, 1.165) is 12.8 Å². The number of aryl methyl sites for hydroxylation is 1. The van der Waals surface area contributed by atoms with Gasteiger partial charge >= 0.3 is 0 Å². The molecule has 0 saturated carbocycles. The molecular formula is C13H19NO. The van der Waals surface area contributed by atoms with Crippen LogP contribution in [0.2, 0.25) is 0 Å². The van der Waals surface area contributed by atoms with E-state index in [4.69, 9.17) is 10.5 Å². The molecule has 2 N–H and O–H groups in total. The second kappa shape index (κ2) is 4.77. The first-order chi connectivity index (χ1) is 7.29. The van der Waals surface area contributed by atoms with Crippen LogP contribution in [0.15, 0.2) is 24.3 Å². The molecule has 1 heterocycles. The second-order valence-electron chi connectivity index (χ2n) is 4.32. The standard InChI is InChI=1S/C13H19NO/c1-10-5-7-11(8-6-10)13-4-2-3-12(9-14)15-13/h5-8,12-13H,2-4,9,14H2,1H3/t12-,13+/m1/s1. The Labute approximate surface area is 91.4 Å². The van der Waals surface area contributed by atoms with Gasteiger partial charge < -0.3 is 10.5 Å². The van der Waals surface area contributed by atoms with Crippen molar-refractivity contribution in [1.82, 2.24) is 0 Å².